The number of piperidine rings is 1. The van der Waals surface area contributed by atoms with Crippen LogP contribution in [0.5, 0.6) is 0 Å². The van der Waals surface area contributed by atoms with Crippen molar-refractivity contribution in [3.63, 3.8) is 0 Å². The second-order valence-electron chi connectivity index (χ2n) is 6.27. The average Bonchev–Trinajstić information content (AvgIpc) is 2.62. The number of nitrogens with two attached hydrogens (primary N) is 1. The minimum absolute atomic E-state index is 0.00877. The Kier molecular flexibility index (Phi) is 4.76. The van der Waals surface area contributed by atoms with Crippen molar-refractivity contribution >= 4 is 5.91 Å². The second-order valence-corrected chi connectivity index (χ2v) is 6.27. The number of amides is 1. The zero-order chi connectivity index (χ0) is 17.1. The molecule has 126 valence electrons. The molecule has 0 aliphatic carbocycles. The predicted octanol–water partition coefficient (Wildman–Crippen LogP) is 1.78. The third-order valence-electron chi connectivity index (χ3n) is 4.55. The Morgan fingerprint density at radius 2 is 2.04 bits per heavy atom. The summed E-state index contributed by atoms with van der Waals surface area (Å²) in [5, 5.41) is 0. The average molecular weight is 326 g/mol. The number of aromatic amines is 1. The van der Waals surface area contributed by atoms with E-state index in [2.05, 4.69) is 9.97 Å². The van der Waals surface area contributed by atoms with E-state index in [9.17, 15) is 9.59 Å². The molecular weight excluding hydrogens is 304 g/mol. The van der Waals surface area contributed by atoms with Gasteiger partial charge in [0.05, 0.1) is 0 Å². The largest absolute Gasteiger partial charge is 0.334 e. The molecule has 3 heterocycles. The molecular formula is C18H22N4O2. The minimum Gasteiger partial charge on any atom is -0.334 e. The summed E-state index contributed by atoms with van der Waals surface area (Å²) >= 11 is 0. The Morgan fingerprint density at radius 3 is 2.71 bits per heavy atom. The maximum atomic E-state index is 12.8. The maximum Gasteiger partial charge on any atom is 0.261 e. The van der Waals surface area contributed by atoms with E-state index in [1.54, 1.807) is 29.4 Å². The number of H-pyrrole nitrogens is 1. The van der Waals surface area contributed by atoms with Crippen molar-refractivity contribution in [3.8, 4) is 11.3 Å². The first-order valence-electron chi connectivity index (χ1n) is 8.28. The Hall–Kier alpha value is -2.47. The van der Waals surface area contributed by atoms with Gasteiger partial charge in [-0.25, -0.2) is 0 Å². The molecule has 6 nitrogen and oxygen atoms in total. The molecule has 2 aromatic rings. The van der Waals surface area contributed by atoms with E-state index in [1.165, 1.54) is 0 Å². The Morgan fingerprint density at radius 1 is 1.29 bits per heavy atom. The van der Waals surface area contributed by atoms with Crippen LogP contribution in [0, 0.1) is 0 Å². The summed E-state index contributed by atoms with van der Waals surface area (Å²) in [6, 6.07) is 6.86. The molecule has 2 aromatic heterocycles. The molecule has 0 saturated carbocycles. The molecule has 1 saturated heterocycles. The van der Waals surface area contributed by atoms with Gasteiger partial charge in [0.25, 0.3) is 11.5 Å². The van der Waals surface area contributed by atoms with Crippen LogP contribution in [0.1, 0.15) is 36.5 Å². The number of carbonyl (C=O) groups excluding carboxylic acids is 1. The molecule has 0 aromatic carbocycles. The van der Waals surface area contributed by atoms with E-state index in [0.29, 0.717) is 12.2 Å². The number of aromatic nitrogens is 2. The van der Waals surface area contributed by atoms with Crippen LogP contribution in [-0.4, -0.2) is 39.4 Å². The number of carbonyl (C=O) groups is 1. The van der Waals surface area contributed by atoms with E-state index in [0.717, 1.165) is 24.8 Å². The van der Waals surface area contributed by atoms with Crippen LogP contribution in [0.25, 0.3) is 11.3 Å². The van der Waals surface area contributed by atoms with Crippen LogP contribution in [-0.2, 0) is 0 Å². The summed E-state index contributed by atoms with van der Waals surface area (Å²) in [6.45, 7) is 2.56. The number of rotatable bonds is 3. The fraction of sp³-hybridized carbons (Fsp3) is 0.389. The molecule has 0 spiro atoms. The van der Waals surface area contributed by atoms with E-state index in [-0.39, 0.29) is 29.1 Å². The number of hydrogen-bond donors (Lipinski definition) is 2. The molecule has 1 fully saturated rings. The highest BCUT2D eigenvalue weighted by molar-refractivity contribution is 5.94. The van der Waals surface area contributed by atoms with Crippen molar-refractivity contribution in [3.05, 3.63) is 52.6 Å². The lowest BCUT2D eigenvalue weighted by molar-refractivity contribution is 0.0582. The van der Waals surface area contributed by atoms with Crippen molar-refractivity contribution < 1.29 is 4.79 Å². The van der Waals surface area contributed by atoms with E-state index >= 15 is 0 Å². The number of hydrogen-bond acceptors (Lipinski definition) is 4. The molecule has 0 radical (unpaired) electrons. The maximum absolute atomic E-state index is 12.8. The van der Waals surface area contributed by atoms with Crippen LogP contribution < -0.4 is 11.3 Å². The van der Waals surface area contributed by atoms with Gasteiger partial charge in [0.1, 0.15) is 5.56 Å². The molecule has 3 N–H and O–H groups in total. The lowest BCUT2D eigenvalue weighted by Gasteiger charge is -2.38. The molecule has 1 aliphatic rings. The molecule has 2 atom stereocenters. The second kappa shape index (κ2) is 6.97. The Labute approximate surface area is 140 Å². The van der Waals surface area contributed by atoms with Crippen LogP contribution in [0.2, 0.25) is 0 Å². The zero-order valence-corrected chi connectivity index (χ0v) is 13.7. The highest BCUT2D eigenvalue weighted by Crippen LogP contribution is 2.21. The van der Waals surface area contributed by atoms with Crippen LogP contribution in [0.4, 0.5) is 0 Å². The quantitative estimate of drug-likeness (QED) is 0.899. The number of likely N-dealkylation sites (tertiary alicyclic amines) is 1. The predicted molar refractivity (Wildman–Crippen MR) is 92.6 cm³/mol. The topological polar surface area (TPSA) is 92.1 Å². The number of pyridine rings is 2. The first-order valence-corrected chi connectivity index (χ1v) is 8.28. The van der Waals surface area contributed by atoms with Gasteiger partial charge >= 0.3 is 0 Å². The molecule has 24 heavy (non-hydrogen) atoms. The third kappa shape index (κ3) is 3.23. The summed E-state index contributed by atoms with van der Waals surface area (Å²) < 4.78 is 0. The van der Waals surface area contributed by atoms with E-state index < -0.39 is 0 Å². The van der Waals surface area contributed by atoms with Crippen molar-refractivity contribution in [1.82, 2.24) is 14.9 Å². The smallest absolute Gasteiger partial charge is 0.261 e. The van der Waals surface area contributed by atoms with Gasteiger partial charge in [-0.1, -0.05) is 0 Å². The Balaban J connectivity index is 1.89. The Bertz CT molecular complexity index is 770. The minimum atomic E-state index is -0.372. The summed E-state index contributed by atoms with van der Waals surface area (Å²) in [5.74, 6) is -0.237. The molecule has 6 heteroatoms. The molecule has 0 unspecified atom stereocenters. The van der Waals surface area contributed by atoms with Gasteiger partial charge in [-0.15, -0.1) is 0 Å². The summed E-state index contributed by atoms with van der Waals surface area (Å²) in [5.41, 5.74) is 7.34. The standard InChI is InChI=1S/C18H22N4O2/c1-12(19)16-4-2-3-11-22(16)18(24)14-5-6-15(21-17(14)23)13-7-9-20-10-8-13/h5-10,12,16H,2-4,11,19H2,1H3,(H,21,23)/t12-,16+/m1/s1. The van der Waals surface area contributed by atoms with E-state index in [1.807, 2.05) is 19.1 Å². The van der Waals surface area contributed by atoms with Gasteiger partial charge in [-0.2, -0.15) is 0 Å². The number of nitrogens with one attached hydrogen (secondary N) is 1. The molecule has 1 aliphatic heterocycles. The zero-order valence-electron chi connectivity index (χ0n) is 13.7. The third-order valence-corrected chi connectivity index (χ3v) is 4.55. The van der Waals surface area contributed by atoms with Gasteiger partial charge in [0.2, 0.25) is 0 Å². The molecule has 1 amide bonds. The van der Waals surface area contributed by atoms with Gasteiger partial charge in [-0.05, 0) is 50.5 Å². The summed E-state index contributed by atoms with van der Waals surface area (Å²) in [7, 11) is 0. The highest BCUT2D eigenvalue weighted by atomic mass is 16.2. The summed E-state index contributed by atoms with van der Waals surface area (Å²) in [6.07, 6.45) is 6.22. The van der Waals surface area contributed by atoms with E-state index in [4.69, 9.17) is 5.73 Å². The van der Waals surface area contributed by atoms with Crippen LogP contribution in [0.3, 0.4) is 0 Å². The van der Waals surface area contributed by atoms with Gasteiger partial charge < -0.3 is 15.6 Å². The highest BCUT2D eigenvalue weighted by Gasteiger charge is 2.30. The first kappa shape index (κ1) is 16.4. The molecule has 0 bridgehead atoms. The van der Waals surface area contributed by atoms with Crippen molar-refractivity contribution in [2.75, 3.05) is 6.54 Å². The van der Waals surface area contributed by atoms with Crippen molar-refractivity contribution in [2.45, 2.75) is 38.3 Å². The molecule has 3 rings (SSSR count). The lowest BCUT2D eigenvalue weighted by Crippen LogP contribution is -2.52. The normalized spacial score (nSPS) is 19.1. The van der Waals surface area contributed by atoms with Crippen molar-refractivity contribution in [1.29, 1.82) is 0 Å². The van der Waals surface area contributed by atoms with Gasteiger partial charge in [0, 0.05) is 42.3 Å². The fourth-order valence-corrected chi connectivity index (χ4v) is 3.25. The summed E-state index contributed by atoms with van der Waals surface area (Å²) in [4.78, 5) is 33.8. The fourth-order valence-electron chi connectivity index (χ4n) is 3.25. The van der Waals surface area contributed by atoms with Crippen LogP contribution >= 0.6 is 0 Å². The van der Waals surface area contributed by atoms with Crippen LogP contribution in [0.15, 0.2) is 41.5 Å². The van der Waals surface area contributed by atoms with Crippen molar-refractivity contribution in [2.24, 2.45) is 5.73 Å². The lowest BCUT2D eigenvalue weighted by atomic mass is 9.96. The number of nitrogens with zero attached hydrogens (tertiary/aromatic N) is 2. The van der Waals surface area contributed by atoms with Gasteiger partial charge in [0.15, 0.2) is 0 Å². The SMILES string of the molecule is C[C@@H](N)[C@@H]1CCCCN1C(=O)c1ccc(-c2ccncc2)[nH]c1=O. The first-order chi connectivity index (χ1) is 11.6. The monoisotopic (exact) mass is 326 g/mol. The van der Waals surface area contributed by atoms with Gasteiger partial charge in [-0.3, -0.25) is 14.6 Å².